The van der Waals surface area contributed by atoms with Gasteiger partial charge in [0.05, 0.1) is 49.5 Å². The number of H-pyrrole nitrogens is 1. The van der Waals surface area contributed by atoms with Crippen molar-refractivity contribution >= 4 is 33.8 Å². The van der Waals surface area contributed by atoms with Crippen molar-refractivity contribution in [2.45, 2.75) is 39.0 Å². The smallest absolute Gasteiger partial charge is 0.286 e. The van der Waals surface area contributed by atoms with E-state index in [-0.39, 0.29) is 49.2 Å². The molecule has 0 fully saturated rings. The largest absolute Gasteiger partial charge is 0.459 e. The third-order valence-electron chi connectivity index (χ3n) is 7.44. The molecule has 3 N–H and O–H groups in total. The molecule has 43 heavy (non-hydrogen) atoms. The molecule has 228 valence electrons. The molecular formula is C32H38N4O7. The van der Waals surface area contributed by atoms with Crippen LogP contribution in [0.25, 0.3) is 21.9 Å². The van der Waals surface area contributed by atoms with Gasteiger partial charge in [-0.25, -0.2) is 4.98 Å². The Morgan fingerprint density at radius 3 is 2.60 bits per heavy atom. The van der Waals surface area contributed by atoms with E-state index in [2.05, 4.69) is 15.3 Å². The van der Waals surface area contributed by atoms with Crippen LogP contribution in [-0.4, -0.2) is 77.4 Å². The molecule has 0 unspecified atom stereocenters. The van der Waals surface area contributed by atoms with Gasteiger partial charge in [0.25, 0.3) is 5.91 Å². The third kappa shape index (κ3) is 7.14. The number of aliphatic hydroxyl groups excluding tert-OH is 1. The number of carbonyl (C=O) groups excluding carboxylic acids is 2. The average Bonchev–Trinajstić information content (AvgIpc) is 3.61. The Kier molecular flexibility index (Phi) is 10.2. The van der Waals surface area contributed by atoms with Crippen molar-refractivity contribution in [1.29, 1.82) is 0 Å². The van der Waals surface area contributed by atoms with Crippen LogP contribution in [0, 0.1) is 5.92 Å². The summed E-state index contributed by atoms with van der Waals surface area (Å²) in [5.41, 5.74) is 3.41. The molecule has 2 aromatic heterocycles. The number of hydrogen-bond donors (Lipinski definition) is 3. The maximum absolute atomic E-state index is 13.5. The predicted octanol–water partition coefficient (Wildman–Crippen LogP) is 3.89. The van der Waals surface area contributed by atoms with Gasteiger partial charge in [-0.1, -0.05) is 30.3 Å². The first-order valence-corrected chi connectivity index (χ1v) is 14.6. The van der Waals surface area contributed by atoms with Crippen molar-refractivity contribution in [2.75, 3.05) is 39.6 Å². The lowest BCUT2D eigenvalue weighted by atomic mass is 9.81. The van der Waals surface area contributed by atoms with Gasteiger partial charge in [0.15, 0.2) is 5.76 Å². The summed E-state index contributed by atoms with van der Waals surface area (Å²) >= 11 is 0. The highest BCUT2D eigenvalue weighted by Crippen LogP contribution is 2.42. The minimum absolute atomic E-state index is 0.0362. The van der Waals surface area contributed by atoms with E-state index in [1.54, 1.807) is 4.57 Å². The lowest BCUT2D eigenvalue weighted by Crippen LogP contribution is -2.39. The van der Waals surface area contributed by atoms with Crippen LogP contribution in [-0.2, 0) is 30.3 Å². The molecule has 1 aliphatic heterocycles. The SMILES string of the molecule is CCO[C@H]1OC(C(=O)NCc2nc3ccccc3[nH]2)=C[C@@H](c2cn(C(C)=O)c3ccccc23)[C@@H]1CCOCCOCCO. The standard InChI is InChI=1S/C32H38N4O7/c1-3-42-32-23(12-14-40-16-17-41-15-13-37)24(25-20-36(21(2)38)28-11-7-4-8-22(25)28)18-29(43-32)31(39)33-19-30-34-26-9-5-6-10-27(26)35-30/h4-11,18,20,23-24,32,37H,3,12-17,19H2,1-2H3,(H,33,39)(H,34,35)/t23-,24+,32-/m0/s1. The first-order valence-electron chi connectivity index (χ1n) is 14.6. The summed E-state index contributed by atoms with van der Waals surface area (Å²) in [5, 5.41) is 12.7. The van der Waals surface area contributed by atoms with Crippen LogP contribution in [0.2, 0.25) is 0 Å². The number of imidazole rings is 1. The minimum atomic E-state index is -0.722. The topological polar surface area (TPSA) is 137 Å². The number of rotatable bonds is 14. The van der Waals surface area contributed by atoms with Crippen LogP contribution in [0.3, 0.4) is 0 Å². The number of amides is 1. The van der Waals surface area contributed by atoms with Crippen molar-refractivity contribution < 1.29 is 33.6 Å². The van der Waals surface area contributed by atoms with E-state index in [1.165, 1.54) is 6.92 Å². The van der Waals surface area contributed by atoms with Crippen molar-refractivity contribution in [3.63, 3.8) is 0 Å². The van der Waals surface area contributed by atoms with Crippen molar-refractivity contribution in [3.8, 4) is 0 Å². The highest BCUT2D eigenvalue weighted by Gasteiger charge is 2.39. The van der Waals surface area contributed by atoms with E-state index >= 15 is 0 Å². The van der Waals surface area contributed by atoms with Gasteiger partial charge in [-0.05, 0) is 43.2 Å². The monoisotopic (exact) mass is 590 g/mol. The van der Waals surface area contributed by atoms with E-state index in [4.69, 9.17) is 24.1 Å². The van der Waals surface area contributed by atoms with Crippen LogP contribution < -0.4 is 5.32 Å². The van der Waals surface area contributed by atoms with Crippen LogP contribution in [0.15, 0.2) is 66.6 Å². The maximum Gasteiger partial charge on any atom is 0.286 e. The van der Waals surface area contributed by atoms with Gasteiger partial charge in [-0.15, -0.1) is 0 Å². The second-order valence-electron chi connectivity index (χ2n) is 10.3. The van der Waals surface area contributed by atoms with Crippen molar-refractivity contribution in [2.24, 2.45) is 5.92 Å². The molecule has 0 aliphatic carbocycles. The number of hydrogen-bond acceptors (Lipinski definition) is 8. The first kappa shape index (κ1) is 30.4. The number of nitrogens with zero attached hydrogens (tertiary/aromatic N) is 2. The number of aliphatic hydroxyl groups is 1. The first-order chi connectivity index (χ1) is 21.0. The fourth-order valence-corrected chi connectivity index (χ4v) is 5.47. The van der Waals surface area contributed by atoms with E-state index < -0.39 is 6.29 Å². The zero-order valence-electron chi connectivity index (χ0n) is 24.5. The molecule has 0 radical (unpaired) electrons. The highest BCUT2D eigenvalue weighted by molar-refractivity contribution is 5.95. The van der Waals surface area contributed by atoms with Gasteiger partial charge in [-0.3, -0.25) is 14.2 Å². The van der Waals surface area contributed by atoms with E-state index in [0.717, 1.165) is 27.5 Å². The number of benzene rings is 2. The van der Waals surface area contributed by atoms with Crippen molar-refractivity contribution in [1.82, 2.24) is 19.9 Å². The summed E-state index contributed by atoms with van der Waals surface area (Å²) in [7, 11) is 0. The third-order valence-corrected chi connectivity index (χ3v) is 7.44. The molecular weight excluding hydrogens is 552 g/mol. The summed E-state index contributed by atoms with van der Waals surface area (Å²) in [5.74, 6) is -0.235. The Hall–Kier alpha value is -4.03. The number of allylic oxidation sites excluding steroid dienone is 1. The quantitative estimate of drug-likeness (QED) is 0.188. The molecule has 2 aromatic carbocycles. The summed E-state index contributed by atoms with van der Waals surface area (Å²) in [6, 6.07) is 15.4. The number of fused-ring (bicyclic) bond motifs is 2. The summed E-state index contributed by atoms with van der Waals surface area (Å²) in [4.78, 5) is 33.8. The highest BCUT2D eigenvalue weighted by atomic mass is 16.7. The number of ether oxygens (including phenoxy) is 4. The fourth-order valence-electron chi connectivity index (χ4n) is 5.47. The number of nitrogens with one attached hydrogen (secondary N) is 2. The second kappa shape index (κ2) is 14.4. The molecule has 0 saturated carbocycles. The molecule has 0 saturated heterocycles. The molecule has 3 atom stereocenters. The molecule has 5 rings (SSSR count). The normalized spacial score (nSPS) is 18.5. The van der Waals surface area contributed by atoms with Gasteiger partial charge < -0.3 is 34.4 Å². The lowest BCUT2D eigenvalue weighted by Gasteiger charge is -2.36. The molecule has 0 spiro atoms. The van der Waals surface area contributed by atoms with Crippen molar-refractivity contribution in [3.05, 3.63) is 78.0 Å². The van der Waals surface area contributed by atoms with E-state index in [9.17, 15) is 9.59 Å². The number of carbonyl (C=O) groups is 2. The van der Waals surface area contributed by atoms with E-state index in [1.807, 2.05) is 67.7 Å². The molecule has 3 heterocycles. The zero-order chi connectivity index (χ0) is 30.2. The van der Waals surface area contributed by atoms with Gasteiger partial charge in [0.1, 0.15) is 5.82 Å². The zero-order valence-corrected chi connectivity index (χ0v) is 24.5. The molecule has 11 nitrogen and oxygen atoms in total. The van der Waals surface area contributed by atoms with E-state index in [0.29, 0.717) is 38.7 Å². The summed E-state index contributed by atoms with van der Waals surface area (Å²) in [6.45, 7) is 5.37. The molecule has 4 aromatic rings. The number of para-hydroxylation sites is 3. The van der Waals surface area contributed by atoms with Gasteiger partial charge in [0.2, 0.25) is 12.2 Å². The lowest BCUT2D eigenvalue weighted by molar-refractivity contribution is -0.168. The molecule has 11 heteroatoms. The van der Waals surface area contributed by atoms with Crippen LogP contribution in [0.5, 0.6) is 0 Å². The Labute approximate surface area is 249 Å². The summed E-state index contributed by atoms with van der Waals surface area (Å²) < 4.78 is 25.0. The Bertz CT molecular complexity index is 1540. The Morgan fingerprint density at radius 1 is 1.07 bits per heavy atom. The predicted molar refractivity (Wildman–Crippen MR) is 160 cm³/mol. The Balaban J connectivity index is 1.42. The van der Waals surface area contributed by atoms with Gasteiger partial charge in [-0.2, -0.15) is 0 Å². The van der Waals surface area contributed by atoms with Crippen LogP contribution >= 0.6 is 0 Å². The fraction of sp³-hybridized carbons (Fsp3) is 0.406. The number of aromatic amines is 1. The van der Waals surface area contributed by atoms with Crippen LogP contribution in [0.4, 0.5) is 0 Å². The summed E-state index contributed by atoms with van der Waals surface area (Å²) in [6.07, 6.45) is 3.52. The van der Waals surface area contributed by atoms with Crippen LogP contribution in [0.1, 0.15) is 42.4 Å². The van der Waals surface area contributed by atoms with Gasteiger partial charge >= 0.3 is 0 Å². The maximum atomic E-state index is 13.5. The molecule has 1 aliphatic rings. The average molecular weight is 591 g/mol. The molecule has 1 amide bonds. The Morgan fingerprint density at radius 2 is 1.84 bits per heavy atom. The number of aromatic nitrogens is 3. The minimum Gasteiger partial charge on any atom is -0.459 e. The van der Waals surface area contributed by atoms with Gasteiger partial charge in [0, 0.05) is 43.6 Å². The molecule has 0 bridgehead atoms. The second-order valence-corrected chi connectivity index (χ2v) is 10.3.